The van der Waals surface area contributed by atoms with Crippen molar-refractivity contribution >= 4 is 49.7 Å². The van der Waals surface area contributed by atoms with E-state index in [9.17, 15) is 0 Å². The maximum absolute atomic E-state index is 15.5. The zero-order chi connectivity index (χ0) is 42.1. The molecule has 9 aliphatic carbocycles. The fourth-order valence-corrected chi connectivity index (χ4v) is 14.7. The molecule has 2 aromatic heterocycles. The van der Waals surface area contributed by atoms with Crippen LogP contribution in [0, 0.1) is 0 Å². The van der Waals surface area contributed by atoms with Crippen molar-refractivity contribution < 1.29 is 9.59 Å². The van der Waals surface area contributed by atoms with Gasteiger partial charge in [-0.05, 0) is 119 Å². The number of hydrogen-bond acceptors (Lipinski definition) is 2. The van der Waals surface area contributed by atoms with Crippen molar-refractivity contribution in [3.05, 3.63) is 276 Å². The van der Waals surface area contributed by atoms with Crippen LogP contribution in [0.2, 0.25) is 0 Å². The van der Waals surface area contributed by atoms with E-state index in [1.165, 1.54) is 77.3 Å². The number of ketones is 2. The lowest BCUT2D eigenvalue weighted by molar-refractivity contribution is 0.0966. The van der Waals surface area contributed by atoms with Crippen molar-refractivity contribution in [1.82, 2.24) is 4.40 Å². The number of carbonyl (C=O) groups is 2. The summed E-state index contributed by atoms with van der Waals surface area (Å²) >= 11 is 0. The zero-order valence-corrected chi connectivity index (χ0v) is 35.0. The van der Waals surface area contributed by atoms with Crippen LogP contribution in [0.1, 0.15) is 145 Å². The van der Waals surface area contributed by atoms with Gasteiger partial charge in [0.15, 0.2) is 11.6 Å². The molecule has 65 heavy (non-hydrogen) atoms. The Kier molecular flexibility index (Phi) is 5.82. The molecule has 9 aliphatic rings. The third kappa shape index (κ3) is 3.72. The first-order chi connectivity index (χ1) is 32.1. The summed E-state index contributed by atoms with van der Waals surface area (Å²) in [4.78, 5) is 30.9. The van der Waals surface area contributed by atoms with Crippen LogP contribution in [0.5, 0.6) is 0 Å². The Bertz CT molecular complexity index is 3970. The monoisotopic (exact) mass is 825 g/mol. The van der Waals surface area contributed by atoms with E-state index in [-0.39, 0.29) is 47.1 Å². The predicted molar refractivity (Wildman–Crippen MR) is 256 cm³/mol. The van der Waals surface area contributed by atoms with Crippen LogP contribution in [0.15, 0.2) is 176 Å². The van der Waals surface area contributed by atoms with Crippen LogP contribution < -0.4 is 0 Å². The summed E-state index contributed by atoms with van der Waals surface area (Å²) < 4.78 is 2.46. The maximum atomic E-state index is 15.5. The number of carbonyl (C=O) groups excluding carboxylic acids is 2. The van der Waals surface area contributed by atoms with Gasteiger partial charge >= 0.3 is 0 Å². The molecule has 0 amide bonds. The minimum atomic E-state index is -0.369. The smallest absolute Gasteiger partial charge is 0.175 e. The van der Waals surface area contributed by atoms with E-state index in [0.29, 0.717) is 0 Å². The summed E-state index contributed by atoms with van der Waals surface area (Å²) in [6.45, 7) is 0. The number of Topliss-reactive ketones (excluding diaryl/α,β-unsaturated/α-hetero) is 2. The van der Waals surface area contributed by atoms with Gasteiger partial charge in [-0.25, -0.2) is 0 Å². The lowest BCUT2D eigenvalue weighted by Gasteiger charge is -2.42. The minimum Gasteiger partial charge on any atom is -0.308 e. The first-order valence-corrected chi connectivity index (χ1v) is 23.1. The van der Waals surface area contributed by atoms with E-state index in [4.69, 9.17) is 0 Å². The number of hydrogen-bond donors (Lipinski definition) is 0. The molecule has 0 saturated carbocycles. The van der Waals surface area contributed by atoms with Gasteiger partial charge in [-0.15, -0.1) is 0 Å². The molecule has 20 rings (SSSR count). The number of benzene rings is 9. The highest BCUT2D eigenvalue weighted by molar-refractivity contribution is 6.27. The van der Waals surface area contributed by atoms with E-state index < -0.39 is 0 Å². The average molecular weight is 826 g/mol. The van der Waals surface area contributed by atoms with Gasteiger partial charge in [0, 0.05) is 56.3 Å². The highest BCUT2D eigenvalue weighted by Gasteiger charge is 2.47. The second-order valence-corrected chi connectivity index (χ2v) is 19.5. The molecular weight excluding hydrogens is 791 g/mol. The van der Waals surface area contributed by atoms with E-state index in [2.05, 4.69) is 180 Å². The van der Waals surface area contributed by atoms with Crippen LogP contribution >= 0.6 is 0 Å². The van der Waals surface area contributed by atoms with Crippen LogP contribution in [0.25, 0.3) is 38.1 Å². The lowest BCUT2D eigenvalue weighted by atomic mass is 9.60. The Morgan fingerprint density at radius 2 is 0.600 bits per heavy atom. The fraction of sp³-hybridized carbons (Fsp3) is 0.0968. The molecule has 300 valence electrons. The highest BCUT2D eigenvalue weighted by Crippen LogP contribution is 2.61. The summed E-state index contributed by atoms with van der Waals surface area (Å²) in [7, 11) is 0. The van der Waals surface area contributed by atoms with Gasteiger partial charge in [-0.2, -0.15) is 0 Å². The Labute approximate surface area is 373 Å². The van der Waals surface area contributed by atoms with Crippen LogP contribution in [0.3, 0.4) is 0 Å². The van der Waals surface area contributed by atoms with Crippen molar-refractivity contribution in [3.63, 3.8) is 0 Å². The summed E-state index contributed by atoms with van der Waals surface area (Å²) in [5.41, 5.74) is 24.7. The Hall–Kier alpha value is -7.88. The second-order valence-electron chi connectivity index (χ2n) is 19.5. The van der Waals surface area contributed by atoms with Crippen LogP contribution in [-0.2, 0) is 0 Å². The van der Waals surface area contributed by atoms with E-state index >= 15 is 9.59 Å². The zero-order valence-electron chi connectivity index (χ0n) is 35.0. The lowest BCUT2D eigenvalue weighted by Crippen LogP contribution is -2.27. The fourth-order valence-electron chi connectivity index (χ4n) is 14.7. The van der Waals surface area contributed by atoms with E-state index in [1.807, 2.05) is 0 Å². The topological polar surface area (TPSA) is 38.5 Å². The summed E-state index contributed by atoms with van der Waals surface area (Å²) in [6, 6.07) is 64.6. The van der Waals surface area contributed by atoms with Gasteiger partial charge < -0.3 is 4.40 Å². The molecule has 3 nitrogen and oxygen atoms in total. The van der Waals surface area contributed by atoms with Crippen LogP contribution in [-0.4, -0.2) is 16.0 Å². The van der Waals surface area contributed by atoms with Gasteiger partial charge in [0.1, 0.15) is 0 Å². The molecule has 0 aliphatic heterocycles. The van der Waals surface area contributed by atoms with Gasteiger partial charge in [-0.1, -0.05) is 146 Å². The SMILES string of the molecule is O=C1c2cc3c(cc2C2c4ccccc4C1c1ccccc12)c1cc2c(c4c5cc6c(cc5n3c14)C(=O)C1c3ccccc3C6c3ccccc31)C1c3ccccc3C2c2ccccc21. The normalized spacial score (nSPS) is 21.9. The highest BCUT2D eigenvalue weighted by atomic mass is 16.1. The van der Waals surface area contributed by atoms with Gasteiger partial charge in [0.25, 0.3) is 0 Å². The molecule has 0 spiro atoms. The van der Waals surface area contributed by atoms with E-state index in [0.717, 1.165) is 60.9 Å². The summed E-state index contributed by atoms with van der Waals surface area (Å²) in [5.74, 6) is -0.406. The van der Waals surface area contributed by atoms with Crippen molar-refractivity contribution in [1.29, 1.82) is 0 Å². The van der Waals surface area contributed by atoms with Crippen LogP contribution in [0.4, 0.5) is 0 Å². The quantitative estimate of drug-likeness (QED) is 0.153. The van der Waals surface area contributed by atoms with E-state index in [1.54, 1.807) is 0 Å². The number of aromatic nitrogens is 1. The third-order valence-electron chi connectivity index (χ3n) is 17.0. The molecule has 0 unspecified atom stereocenters. The molecule has 9 aromatic carbocycles. The number of fused-ring (bicyclic) bond motifs is 6. The van der Waals surface area contributed by atoms with Crippen molar-refractivity contribution in [2.45, 2.75) is 35.5 Å². The molecule has 2 heterocycles. The molecule has 0 radical (unpaired) electrons. The molecule has 6 bridgehead atoms. The third-order valence-corrected chi connectivity index (χ3v) is 17.0. The molecule has 3 heteroatoms. The first kappa shape index (κ1) is 33.6. The van der Waals surface area contributed by atoms with Gasteiger partial charge in [0.2, 0.25) is 0 Å². The number of rotatable bonds is 0. The Balaban J connectivity index is 1.05. The van der Waals surface area contributed by atoms with Crippen molar-refractivity contribution in [3.8, 4) is 0 Å². The predicted octanol–water partition coefficient (Wildman–Crippen LogP) is 13.5. The Morgan fingerprint density at radius 1 is 0.292 bits per heavy atom. The summed E-state index contributed by atoms with van der Waals surface area (Å²) in [5, 5.41) is 4.82. The molecule has 11 aromatic rings. The molecule has 0 atom stereocenters. The standard InChI is InChI=1S/C62H35NO2/c64-61-46-28-50-42(25-43(46)52-32-15-3-9-21-38(32)56(61)39-22-10-4-16-33(39)52)45-27-49-54-30-13-1-7-19-36(30)55(37-20-8-2-14-31(37)54)58(49)59-48-26-44-47(29-51(48)63(50)60(45)59)62(65)57-40-23-11-5-17-34(40)53(44)35-18-6-12-24-41(35)57/h1-29,52-57H. The molecular formula is C62H35NO2. The maximum Gasteiger partial charge on any atom is 0.175 e. The minimum absolute atomic E-state index is 0.0546. The first-order valence-electron chi connectivity index (χ1n) is 23.1. The average Bonchev–Trinajstić information content (AvgIpc) is 3.71. The van der Waals surface area contributed by atoms with Gasteiger partial charge in [-0.3, -0.25) is 9.59 Å². The number of nitrogens with zero attached hydrogens (tertiary/aromatic N) is 1. The molecule has 0 saturated heterocycles. The molecule has 0 fully saturated rings. The van der Waals surface area contributed by atoms with Crippen molar-refractivity contribution in [2.75, 3.05) is 0 Å². The Morgan fingerprint density at radius 3 is 1.00 bits per heavy atom. The van der Waals surface area contributed by atoms with Gasteiger partial charge in [0.05, 0.1) is 28.4 Å². The molecule has 0 N–H and O–H groups in total. The summed E-state index contributed by atoms with van der Waals surface area (Å²) in [6.07, 6.45) is 0. The van der Waals surface area contributed by atoms with Crippen molar-refractivity contribution in [2.24, 2.45) is 0 Å². The second kappa shape index (κ2) is 11.2. The largest absolute Gasteiger partial charge is 0.308 e.